The van der Waals surface area contributed by atoms with Crippen LogP contribution >= 0.6 is 12.2 Å². The van der Waals surface area contributed by atoms with Crippen molar-refractivity contribution in [3.05, 3.63) is 21.7 Å². The first-order valence-electron chi connectivity index (χ1n) is 4.72. The van der Waals surface area contributed by atoms with Crippen molar-refractivity contribution in [3.63, 3.8) is 0 Å². The maximum atomic E-state index is 5.19. The number of hydrogen-bond acceptors (Lipinski definition) is 3. The van der Waals surface area contributed by atoms with Crippen LogP contribution in [-0.4, -0.2) is 17.1 Å². The number of hydrogen-bond donors (Lipinski definition) is 1. The normalized spacial score (nSPS) is 12.9. The number of rotatable bonds is 3. The lowest BCUT2D eigenvalue weighted by atomic mass is 10.2. The van der Waals surface area contributed by atoms with Gasteiger partial charge in [0.25, 0.3) is 0 Å². The minimum Gasteiger partial charge on any atom is -0.374 e. The summed E-state index contributed by atoms with van der Waals surface area (Å²) in [5.74, 6) is 0.806. The van der Waals surface area contributed by atoms with Crippen molar-refractivity contribution in [2.45, 2.75) is 33.3 Å². The minimum absolute atomic E-state index is 0.0393. The van der Waals surface area contributed by atoms with Gasteiger partial charge in [-0.05, 0) is 20.3 Å². The molecule has 0 aliphatic rings. The maximum absolute atomic E-state index is 5.19. The molecule has 0 aliphatic carbocycles. The van der Waals surface area contributed by atoms with Gasteiger partial charge in [-0.15, -0.1) is 0 Å². The zero-order valence-corrected chi connectivity index (χ0v) is 9.86. The highest BCUT2D eigenvalue weighted by Gasteiger charge is 2.09. The summed E-state index contributed by atoms with van der Waals surface area (Å²) in [5.41, 5.74) is 2.21. The van der Waals surface area contributed by atoms with Gasteiger partial charge in [0.2, 0.25) is 0 Å². The van der Waals surface area contributed by atoms with E-state index < -0.39 is 0 Å². The van der Waals surface area contributed by atoms with Gasteiger partial charge in [-0.25, -0.2) is 4.98 Å². The SMILES string of the molecule is CCc1[nH]c(C(C)OC)nc(=S)c1C. The van der Waals surface area contributed by atoms with Crippen molar-refractivity contribution in [1.82, 2.24) is 9.97 Å². The molecule has 0 amide bonds. The van der Waals surface area contributed by atoms with E-state index in [0.29, 0.717) is 4.64 Å². The molecule has 4 heteroatoms. The lowest BCUT2D eigenvalue weighted by Crippen LogP contribution is -2.07. The summed E-state index contributed by atoms with van der Waals surface area (Å²) in [7, 11) is 1.66. The highest BCUT2D eigenvalue weighted by Crippen LogP contribution is 2.14. The Morgan fingerprint density at radius 1 is 1.57 bits per heavy atom. The zero-order valence-electron chi connectivity index (χ0n) is 9.05. The molecular weight excluding hydrogens is 196 g/mol. The second-order valence-corrected chi connectivity index (χ2v) is 3.65. The van der Waals surface area contributed by atoms with E-state index in [1.807, 2.05) is 13.8 Å². The number of nitrogens with one attached hydrogen (secondary N) is 1. The molecule has 1 heterocycles. The van der Waals surface area contributed by atoms with Gasteiger partial charge in [0.1, 0.15) is 16.6 Å². The van der Waals surface area contributed by atoms with E-state index in [1.54, 1.807) is 7.11 Å². The molecule has 0 spiro atoms. The van der Waals surface area contributed by atoms with Crippen LogP contribution in [0.5, 0.6) is 0 Å². The van der Waals surface area contributed by atoms with E-state index in [2.05, 4.69) is 16.9 Å². The Balaban J connectivity index is 3.23. The Labute approximate surface area is 89.5 Å². The maximum Gasteiger partial charge on any atom is 0.136 e. The van der Waals surface area contributed by atoms with Crippen LogP contribution in [0.2, 0.25) is 0 Å². The van der Waals surface area contributed by atoms with Crippen molar-refractivity contribution in [1.29, 1.82) is 0 Å². The zero-order chi connectivity index (χ0) is 10.7. The first-order valence-corrected chi connectivity index (χ1v) is 5.13. The van der Waals surface area contributed by atoms with Crippen molar-refractivity contribution >= 4 is 12.2 Å². The van der Waals surface area contributed by atoms with Crippen LogP contribution in [0.4, 0.5) is 0 Å². The molecule has 78 valence electrons. The number of aromatic amines is 1. The third kappa shape index (κ3) is 2.19. The van der Waals surface area contributed by atoms with E-state index in [9.17, 15) is 0 Å². The van der Waals surface area contributed by atoms with Crippen LogP contribution in [0.1, 0.15) is 37.0 Å². The van der Waals surface area contributed by atoms with Gasteiger partial charge in [0.15, 0.2) is 0 Å². The smallest absolute Gasteiger partial charge is 0.136 e. The molecule has 1 unspecified atom stereocenters. The molecule has 14 heavy (non-hydrogen) atoms. The van der Waals surface area contributed by atoms with E-state index in [1.165, 1.54) is 0 Å². The van der Waals surface area contributed by atoms with Crippen molar-refractivity contribution in [2.24, 2.45) is 0 Å². The van der Waals surface area contributed by atoms with Gasteiger partial charge in [-0.1, -0.05) is 19.1 Å². The average Bonchev–Trinajstić information content (AvgIpc) is 2.20. The summed E-state index contributed by atoms with van der Waals surface area (Å²) in [6.45, 7) is 6.03. The molecule has 0 aromatic carbocycles. The third-order valence-corrected chi connectivity index (χ3v) is 2.76. The molecule has 3 nitrogen and oxygen atoms in total. The first-order chi connectivity index (χ1) is 6.60. The standard InChI is InChI=1S/C10H16N2OS/c1-5-8-6(2)10(14)12-9(11-8)7(3)13-4/h7H,5H2,1-4H3,(H,11,12,14). The summed E-state index contributed by atoms with van der Waals surface area (Å²) in [6.07, 6.45) is 0.893. The second kappa shape index (κ2) is 4.66. The highest BCUT2D eigenvalue weighted by atomic mass is 32.1. The second-order valence-electron chi connectivity index (χ2n) is 3.26. The Hall–Kier alpha value is -0.740. The van der Waals surface area contributed by atoms with Crippen molar-refractivity contribution in [2.75, 3.05) is 7.11 Å². The number of H-pyrrole nitrogens is 1. The van der Waals surface area contributed by atoms with Crippen LogP contribution in [0.3, 0.4) is 0 Å². The van der Waals surface area contributed by atoms with Gasteiger partial charge in [0, 0.05) is 18.4 Å². The predicted octanol–water partition coefficient (Wildman–Crippen LogP) is 2.72. The lowest BCUT2D eigenvalue weighted by molar-refractivity contribution is 0.111. The van der Waals surface area contributed by atoms with E-state index in [0.717, 1.165) is 23.5 Å². The molecule has 0 saturated heterocycles. The quantitative estimate of drug-likeness (QED) is 0.783. The van der Waals surface area contributed by atoms with Gasteiger partial charge in [0.05, 0.1) is 0 Å². The summed E-state index contributed by atoms with van der Waals surface area (Å²) < 4.78 is 5.86. The van der Waals surface area contributed by atoms with Crippen LogP contribution in [0.15, 0.2) is 0 Å². The Morgan fingerprint density at radius 2 is 2.21 bits per heavy atom. The largest absolute Gasteiger partial charge is 0.374 e. The molecule has 0 aliphatic heterocycles. The van der Waals surface area contributed by atoms with Gasteiger partial charge in [-0.2, -0.15) is 0 Å². The number of methoxy groups -OCH3 is 1. The monoisotopic (exact) mass is 212 g/mol. The lowest BCUT2D eigenvalue weighted by Gasteiger charge is -2.12. The van der Waals surface area contributed by atoms with Crippen LogP contribution in [-0.2, 0) is 11.2 Å². The number of ether oxygens (including phenoxy) is 1. The summed E-state index contributed by atoms with van der Waals surface area (Å²) in [5, 5.41) is 0. The van der Waals surface area contributed by atoms with Gasteiger partial charge >= 0.3 is 0 Å². The Bertz CT molecular complexity index is 373. The molecular formula is C10H16N2OS. The Kier molecular flexibility index (Phi) is 3.77. The molecule has 1 aromatic rings. The molecule has 1 aromatic heterocycles. The number of nitrogens with zero attached hydrogens (tertiary/aromatic N) is 1. The molecule has 1 N–H and O–H groups in total. The van der Waals surface area contributed by atoms with Crippen LogP contribution in [0, 0.1) is 11.6 Å². The summed E-state index contributed by atoms with van der Waals surface area (Å²) in [4.78, 5) is 7.54. The van der Waals surface area contributed by atoms with Crippen LogP contribution in [0.25, 0.3) is 0 Å². The fourth-order valence-electron chi connectivity index (χ4n) is 1.26. The molecule has 0 bridgehead atoms. The predicted molar refractivity (Wildman–Crippen MR) is 59.0 cm³/mol. The molecule has 0 saturated carbocycles. The molecule has 1 rings (SSSR count). The average molecular weight is 212 g/mol. The Morgan fingerprint density at radius 3 is 2.71 bits per heavy atom. The van der Waals surface area contributed by atoms with E-state index in [4.69, 9.17) is 17.0 Å². The fraction of sp³-hybridized carbons (Fsp3) is 0.600. The minimum atomic E-state index is -0.0393. The number of aryl methyl sites for hydroxylation is 1. The topological polar surface area (TPSA) is 37.9 Å². The molecule has 1 atom stereocenters. The van der Waals surface area contributed by atoms with Crippen LogP contribution < -0.4 is 0 Å². The fourth-order valence-corrected chi connectivity index (χ4v) is 1.48. The number of aromatic nitrogens is 2. The van der Waals surface area contributed by atoms with Gasteiger partial charge < -0.3 is 9.72 Å². The molecule has 0 radical (unpaired) electrons. The van der Waals surface area contributed by atoms with Crippen molar-refractivity contribution < 1.29 is 4.74 Å². The molecule has 0 fully saturated rings. The third-order valence-electron chi connectivity index (χ3n) is 2.37. The van der Waals surface area contributed by atoms with E-state index >= 15 is 0 Å². The van der Waals surface area contributed by atoms with Gasteiger partial charge in [-0.3, -0.25) is 0 Å². The van der Waals surface area contributed by atoms with Crippen molar-refractivity contribution in [3.8, 4) is 0 Å². The first kappa shape index (κ1) is 11.3. The van der Waals surface area contributed by atoms with E-state index in [-0.39, 0.29) is 6.10 Å². The summed E-state index contributed by atoms with van der Waals surface area (Å²) >= 11 is 5.18. The highest BCUT2D eigenvalue weighted by molar-refractivity contribution is 7.71. The summed E-state index contributed by atoms with van der Waals surface area (Å²) in [6, 6.07) is 0.